The summed E-state index contributed by atoms with van der Waals surface area (Å²) >= 11 is 8.33. The summed E-state index contributed by atoms with van der Waals surface area (Å²) < 4.78 is 7.94. The summed E-state index contributed by atoms with van der Waals surface area (Å²) in [6.45, 7) is 3.30. The minimum atomic E-state index is -0.816. The van der Waals surface area contributed by atoms with Crippen LogP contribution in [0.15, 0.2) is 6.07 Å². The first-order valence-electron chi connectivity index (χ1n) is 8.18. The van der Waals surface area contributed by atoms with Crippen molar-refractivity contribution in [3.05, 3.63) is 19.4 Å². The summed E-state index contributed by atoms with van der Waals surface area (Å²) in [5.74, 6) is 2.39. The van der Waals surface area contributed by atoms with Gasteiger partial charge in [0, 0.05) is 23.9 Å². The molecule has 0 radical (unpaired) electrons. The predicted octanol–water partition coefficient (Wildman–Crippen LogP) is 4.76. The Kier molecular flexibility index (Phi) is 4.82. The van der Waals surface area contributed by atoms with Crippen LogP contribution in [0.5, 0.6) is 0 Å². The largest absolute Gasteiger partial charge is 0.465 e. The van der Waals surface area contributed by atoms with Gasteiger partial charge in [0.05, 0.1) is 9.49 Å². The summed E-state index contributed by atoms with van der Waals surface area (Å²) in [5.41, 5.74) is 1.16. The van der Waals surface area contributed by atoms with Gasteiger partial charge in [-0.2, -0.15) is 0 Å². The molecule has 0 saturated carbocycles. The van der Waals surface area contributed by atoms with Gasteiger partial charge < -0.3 is 14.7 Å². The summed E-state index contributed by atoms with van der Waals surface area (Å²) in [7, 11) is 0. The number of likely N-dealkylation sites (tertiary alicyclic amines) is 1. The van der Waals surface area contributed by atoms with Crippen LogP contribution in [0.2, 0.25) is 0 Å². The Labute approximate surface area is 168 Å². The molecule has 3 aliphatic rings. The fourth-order valence-corrected chi connectivity index (χ4v) is 9.42. The smallest absolute Gasteiger partial charge is 0.407 e. The fraction of sp³-hybridized carbons (Fsp3) is 0.688. The molecule has 0 unspecified atom stereocenters. The molecule has 4 rings (SSSR count). The first kappa shape index (κ1) is 17.8. The molecule has 0 aromatic carbocycles. The molecule has 2 spiro atoms. The molecule has 1 N–H and O–H groups in total. The van der Waals surface area contributed by atoms with Gasteiger partial charge in [-0.3, -0.25) is 0 Å². The van der Waals surface area contributed by atoms with E-state index in [1.54, 1.807) is 4.90 Å². The van der Waals surface area contributed by atoms with Crippen molar-refractivity contribution in [3.8, 4) is 0 Å². The van der Waals surface area contributed by atoms with Crippen LogP contribution in [-0.4, -0.2) is 46.8 Å². The van der Waals surface area contributed by atoms with Crippen LogP contribution < -0.4 is 0 Å². The summed E-state index contributed by atoms with van der Waals surface area (Å²) in [6, 6.07) is 2.34. The number of ether oxygens (including phenoxy) is 1. The second-order valence-corrected chi connectivity index (χ2v) is 12.7. The Morgan fingerprint density at radius 2 is 2.21 bits per heavy atom. The number of fused-ring (bicyclic) bond motifs is 3. The van der Waals surface area contributed by atoms with Crippen LogP contribution in [0.4, 0.5) is 4.79 Å². The maximum atomic E-state index is 11.4. The van der Waals surface area contributed by atoms with E-state index in [0.29, 0.717) is 6.54 Å². The van der Waals surface area contributed by atoms with Crippen molar-refractivity contribution in [1.82, 2.24) is 4.90 Å². The quantitative estimate of drug-likeness (QED) is 0.524. The second-order valence-electron chi connectivity index (χ2n) is 6.66. The molecular weight excluding hydrogens is 477 g/mol. The monoisotopic (exact) mass is 497 g/mol. The molecule has 1 aromatic rings. The molecule has 2 atom stereocenters. The standard InChI is InChI=1S/C16H20INO3S3/c1-10-8-15(3-4-18(10)14(19)20)13-11(7-12(17)24-13)16(9-21-15)22-5-2-6-23-16/h7,10H,2-6,8-9H2,1H3,(H,19,20)/t10-,15+/m0/s1. The van der Waals surface area contributed by atoms with Crippen molar-refractivity contribution in [2.24, 2.45) is 0 Å². The fourth-order valence-electron chi connectivity index (χ4n) is 4.00. The maximum absolute atomic E-state index is 11.4. The molecule has 1 aromatic heterocycles. The number of carboxylic acid groups (broad SMARTS) is 1. The molecule has 2 fully saturated rings. The van der Waals surface area contributed by atoms with Crippen LogP contribution >= 0.6 is 57.5 Å². The summed E-state index contributed by atoms with van der Waals surface area (Å²) in [4.78, 5) is 14.3. The highest BCUT2D eigenvalue weighted by Crippen LogP contribution is 2.60. The first-order valence-corrected chi connectivity index (χ1v) is 12.0. The van der Waals surface area contributed by atoms with Gasteiger partial charge in [0.25, 0.3) is 0 Å². The van der Waals surface area contributed by atoms with E-state index < -0.39 is 6.09 Å². The van der Waals surface area contributed by atoms with E-state index in [2.05, 4.69) is 28.7 Å². The van der Waals surface area contributed by atoms with Gasteiger partial charge >= 0.3 is 6.09 Å². The zero-order valence-corrected chi connectivity index (χ0v) is 18.0. The molecule has 132 valence electrons. The molecule has 1 amide bonds. The van der Waals surface area contributed by atoms with Gasteiger partial charge in [0.2, 0.25) is 0 Å². The Morgan fingerprint density at radius 3 is 2.88 bits per heavy atom. The number of rotatable bonds is 0. The van der Waals surface area contributed by atoms with E-state index in [9.17, 15) is 9.90 Å². The van der Waals surface area contributed by atoms with Crippen molar-refractivity contribution < 1.29 is 14.6 Å². The predicted molar refractivity (Wildman–Crippen MR) is 109 cm³/mol. The number of amides is 1. The van der Waals surface area contributed by atoms with Gasteiger partial charge in [0.1, 0.15) is 9.68 Å². The average molecular weight is 497 g/mol. The Bertz CT molecular complexity index is 661. The zero-order chi connectivity index (χ0) is 16.9. The molecule has 2 saturated heterocycles. The number of hydrogen-bond acceptors (Lipinski definition) is 5. The Morgan fingerprint density at radius 1 is 1.46 bits per heavy atom. The molecule has 0 bridgehead atoms. The van der Waals surface area contributed by atoms with E-state index in [1.165, 1.54) is 31.3 Å². The van der Waals surface area contributed by atoms with Gasteiger partial charge in [-0.25, -0.2) is 4.79 Å². The minimum absolute atomic E-state index is 0.00965. The highest BCUT2D eigenvalue weighted by atomic mass is 127. The van der Waals surface area contributed by atoms with Crippen LogP contribution in [0.1, 0.15) is 36.6 Å². The van der Waals surface area contributed by atoms with Crippen molar-refractivity contribution in [1.29, 1.82) is 0 Å². The number of carbonyl (C=O) groups is 1. The molecule has 4 nitrogen and oxygen atoms in total. The summed E-state index contributed by atoms with van der Waals surface area (Å²) in [5, 5.41) is 9.37. The van der Waals surface area contributed by atoms with Gasteiger partial charge in [-0.1, -0.05) is 0 Å². The van der Waals surface area contributed by atoms with Gasteiger partial charge in [0.15, 0.2) is 0 Å². The molecule has 4 heterocycles. The van der Waals surface area contributed by atoms with E-state index in [4.69, 9.17) is 4.74 Å². The number of hydrogen-bond donors (Lipinski definition) is 1. The summed E-state index contributed by atoms with van der Waals surface area (Å²) in [6.07, 6.45) is 1.97. The normalized spacial score (nSPS) is 32.1. The van der Waals surface area contributed by atoms with Crippen molar-refractivity contribution >= 4 is 63.5 Å². The van der Waals surface area contributed by atoms with E-state index in [0.717, 1.165) is 19.4 Å². The third kappa shape index (κ3) is 2.80. The van der Waals surface area contributed by atoms with E-state index in [-0.39, 0.29) is 15.7 Å². The first-order chi connectivity index (χ1) is 11.5. The third-order valence-electron chi connectivity index (χ3n) is 5.18. The lowest BCUT2D eigenvalue weighted by atomic mass is 9.82. The van der Waals surface area contributed by atoms with Crippen LogP contribution in [0.25, 0.3) is 0 Å². The minimum Gasteiger partial charge on any atom is -0.465 e. The number of piperidine rings is 1. The van der Waals surface area contributed by atoms with E-state index in [1.807, 2.05) is 41.8 Å². The van der Waals surface area contributed by atoms with Crippen LogP contribution in [0, 0.1) is 2.88 Å². The van der Waals surface area contributed by atoms with E-state index >= 15 is 0 Å². The highest BCUT2D eigenvalue weighted by Gasteiger charge is 2.53. The zero-order valence-electron chi connectivity index (χ0n) is 13.4. The number of thiophene rings is 1. The SMILES string of the molecule is C[C@H]1C[C@@]2(CCN1C(=O)O)OCC1(SCCCS1)c1cc(I)sc12. The maximum Gasteiger partial charge on any atom is 0.407 e. The average Bonchev–Trinajstić information content (AvgIpc) is 2.96. The van der Waals surface area contributed by atoms with Crippen LogP contribution in [-0.2, 0) is 14.4 Å². The lowest BCUT2D eigenvalue weighted by Crippen LogP contribution is -2.53. The molecule has 0 aliphatic carbocycles. The van der Waals surface area contributed by atoms with Crippen molar-refractivity contribution in [2.75, 3.05) is 24.7 Å². The molecular formula is C16H20INO3S3. The van der Waals surface area contributed by atoms with Crippen LogP contribution in [0.3, 0.4) is 0 Å². The number of halogens is 1. The highest BCUT2D eigenvalue weighted by molar-refractivity contribution is 14.1. The van der Waals surface area contributed by atoms with Crippen molar-refractivity contribution in [2.45, 2.75) is 41.9 Å². The lowest BCUT2D eigenvalue weighted by molar-refractivity contribution is -0.107. The molecule has 8 heteroatoms. The third-order valence-corrected chi connectivity index (χ3v) is 10.6. The number of thioether (sulfide) groups is 2. The van der Waals surface area contributed by atoms with Gasteiger partial charge in [-0.05, 0) is 65.5 Å². The second kappa shape index (κ2) is 6.51. The molecule has 3 aliphatic heterocycles. The Hall–Kier alpha value is 0.360. The Balaban J connectivity index is 1.71. The topological polar surface area (TPSA) is 49.8 Å². The van der Waals surface area contributed by atoms with Crippen molar-refractivity contribution in [3.63, 3.8) is 0 Å². The lowest BCUT2D eigenvalue weighted by Gasteiger charge is -2.51. The number of nitrogens with zero attached hydrogens (tertiary/aromatic N) is 1. The molecule has 24 heavy (non-hydrogen) atoms. The van der Waals surface area contributed by atoms with Gasteiger partial charge in [-0.15, -0.1) is 34.9 Å².